The van der Waals surface area contributed by atoms with Gasteiger partial charge < -0.3 is 5.11 Å². The highest BCUT2D eigenvalue weighted by molar-refractivity contribution is 9.10. The van der Waals surface area contributed by atoms with Gasteiger partial charge in [0.05, 0.1) is 6.10 Å². The molecule has 0 amide bonds. The number of benzene rings is 2. The van der Waals surface area contributed by atoms with Crippen LogP contribution in [0.4, 0.5) is 0 Å². The number of aryl methyl sites for hydroxylation is 1. The van der Waals surface area contributed by atoms with Crippen molar-refractivity contribution in [3.8, 4) is 0 Å². The molecule has 100 valence electrons. The first-order valence-corrected chi connectivity index (χ1v) is 7.51. The zero-order chi connectivity index (χ0) is 13.7. The lowest BCUT2D eigenvalue weighted by Crippen LogP contribution is -1.99. The summed E-state index contributed by atoms with van der Waals surface area (Å²) in [5.41, 5.74) is 2.10. The van der Waals surface area contributed by atoms with Gasteiger partial charge in [-0.3, -0.25) is 0 Å². The maximum atomic E-state index is 10.2. The zero-order valence-corrected chi connectivity index (χ0v) is 12.9. The van der Waals surface area contributed by atoms with Crippen LogP contribution in [0.3, 0.4) is 0 Å². The molecule has 0 heterocycles. The summed E-state index contributed by atoms with van der Waals surface area (Å²) in [6.45, 7) is 0. The van der Waals surface area contributed by atoms with Crippen molar-refractivity contribution < 1.29 is 5.11 Å². The minimum absolute atomic E-state index is 0.506. The summed E-state index contributed by atoms with van der Waals surface area (Å²) >= 11 is 9.51. The molecular formula is C16H16BrClO. The van der Waals surface area contributed by atoms with E-state index >= 15 is 0 Å². The van der Waals surface area contributed by atoms with Gasteiger partial charge in [-0.1, -0.05) is 57.9 Å². The number of rotatable bonds is 5. The molecule has 0 saturated carbocycles. The van der Waals surface area contributed by atoms with Crippen molar-refractivity contribution in [2.75, 3.05) is 0 Å². The fraction of sp³-hybridized carbons (Fsp3) is 0.250. The summed E-state index contributed by atoms with van der Waals surface area (Å²) in [6, 6.07) is 15.9. The molecule has 0 aliphatic carbocycles. The monoisotopic (exact) mass is 338 g/mol. The van der Waals surface area contributed by atoms with Crippen molar-refractivity contribution in [1.82, 2.24) is 0 Å². The number of aliphatic hydroxyl groups is 1. The van der Waals surface area contributed by atoms with Crippen LogP contribution in [0.5, 0.6) is 0 Å². The topological polar surface area (TPSA) is 20.2 Å². The van der Waals surface area contributed by atoms with E-state index in [0.29, 0.717) is 11.4 Å². The average Bonchev–Trinajstić information content (AvgIpc) is 2.42. The van der Waals surface area contributed by atoms with E-state index in [4.69, 9.17) is 11.6 Å². The average molecular weight is 340 g/mol. The lowest BCUT2D eigenvalue weighted by atomic mass is 10.0. The standard InChI is InChI=1S/C16H16BrClO/c17-13-9-10-15(18)14(11-13)16(19)8-4-7-12-5-2-1-3-6-12/h1-3,5-6,9-11,16,19H,4,7-8H2. The maximum Gasteiger partial charge on any atom is 0.0805 e. The summed E-state index contributed by atoms with van der Waals surface area (Å²) in [6.07, 6.45) is 2.12. The van der Waals surface area contributed by atoms with Crippen LogP contribution < -0.4 is 0 Å². The Bertz CT molecular complexity index is 528. The molecule has 0 saturated heterocycles. The van der Waals surface area contributed by atoms with Gasteiger partial charge in [0.1, 0.15) is 0 Å². The first-order valence-electron chi connectivity index (χ1n) is 6.34. The fourth-order valence-corrected chi connectivity index (χ4v) is 2.69. The van der Waals surface area contributed by atoms with E-state index in [9.17, 15) is 5.11 Å². The van der Waals surface area contributed by atoms with Gasteiger partial charge in [0.15, 0.2) is 0 Å². The molecule has 1 unspecified atom stereocenters. The summed E-state index contributed by atoms with van der Waals surface area (Å²) < 4.78 is 0.939. The van der Waals surface area contributed by atoms with Crippen LogP contribution in [0.1, 0.15) is 30.1 Å². The Labute approximate surface area is 127 Å². The van der Waals surface area contributed by atoms with Gasteiger partial charge >= 0.3 is 0 Å². The van der Waals surface area contributed by atoms with Crippen molar-refractivity contribution in [2.45, 2.75) is 25.4 Å². The molecule has 0 fully saturated rings. The summed E-state index contributed by atoms with van der Waals surface area (Å²) in [5, 5.41) is 10.8. The van der Waals surface area contributed by atoms with E-state index in [1.54, 1.807) is 6.07 Å². The van der Waals surface area contributed by atoms with Gasteiger partial charge in [-0.2, -0.15) is 0 Å². The molecule has 0 aliphatic heterocycles. The molecule has 0 spiro atoms. The van der Waals surface area contributed by atoms with E-state index in [1.807, 2.05) is 30.3 Å². The Balaban J connectivity index is 1.91. The molecule has 0 aromatic heterocycles. The van der Waals surface area contributed by atoms with Crippen molar-refractivity contribution in [3.63, 3.8) is 0 Å². The first-order chi connectivity index (χ1) is 9.16. The van der Waals surface area contributed by atoms with Gasteiger partial charge in [-0.15, -0.1) is 0 Å². The van der Waals surface area contributed by atoms with Crippen LogP contribution in [0.2, 0.25) is 5.02 Å². The number of hydrogen-bond acceptors (Lipinski definition) is 1. The van der Waals surface area contributed by atoms with Gasteiger partial charge in [0, 0.05) is 15.1 Å². The lowest BCUT2D eigenvalue weighted by Gasteiger charge is -2.13. The van der Waals surface area contributed by atoms with E-state index < -0.39 is 6.10 Å². The van der Waals surface area contributed by atoms with Crippen molar-refractivity contribution >= 4 is 27.5 Å². The number of aliphatic hydroxyl groups excluding tert-OH is 1. The molecule has 2 aromatic rings. The SMILES string of the molecule is OC(CCCc1ccccc1)c1cc(Br)ccc1Cl. The van der Waals surface area contributed by atoms with Crippen LogP contribution >= 0.6 is 27.5 Å². The normalized spacial score (nSPS) is 12.4. The molecule has 0 aliphatic rings. The molecule has 3 heteroatoms. The van der Waals surface area contributed by atoms with E-state index in [0.717, 1.165) is 22.9 Å². The van der Waals surface area contributed by atoms with Crippen LogP contribution in [-0.2, 0) is 6.42 Å². The largest absolute Gasteiger partial charge is 0.388 e. The second-order valence-electron chi connectivity index (χ2n) is 4.56. The fourth-order valence-electron chi connectivity index (χ4n) is 2.07. The Kier molecular flexibility index (Phi) is 5.44. The van der Waals surface area contributed by atoms with Crippen molar-refractivity contribution in [3.05, 3.63) is 69.2 Å². The summed E-state index contributed by atoms with van der Waals surface area (Å²) in [5.74, 6) is 0. The first kappa shape index (κ1) is 14.6. The third-order valence-electron chi connectivity index (χ3n) is 3.10. The highest BCUT2D eigenvalue weighted by Crippen LogP contribution is 2.29. The van der Waals surface area contributed by atoms with Gasteiger partial charge in [0.25, 0.3) is 0 Å². The number of hydrogen-bond donors (Lipinski definition) is 1. The third kappa shape index (κ3) is 4.34. The molecule has 0 bridgehead atoms. The molecule has 19 heavy (non-hydrogen) atoms. The Hall–Kier alpha value is -0.830. The minimum Gasteiger partial charge on any atom is -0.388 e. The number of halogens is 2. The van der Waals surface area contributed by atoms with E-state index in [-0.39, 0.29) is 0 Å². The van der Waals surface area contributed by atoms with Crippen LogP contribution in [0.15, 0.2) is 53.0 Å². The molecule has 0 radical (unpaired) electrons. The highest BCUT2D eigenvalue weighted by atomic mass is 79.9. The summed E-state index contributed by atoms with van der Waals surface area (Å²) in [7, 11) is 0. The van der Waals surface area contributed by atoms with Crippen LogP contribution in [-0.4, -0.2) is 5.11 Å². The molecule has 2 rings (SSSR count). The highest BCUT2D eigenvalue weighted by Gasteiger charge is 2.11. The molecular weight excluding hydrogens is 324 g/mol. The van der Waals surface area contributed by atoms with Crippen LogP contribution in [0.25, 0.3) is 0 Å². The quantitative estimate of drug-likeness (QED) is 0.798. The van der Waals surface area contributed by atoms with Crippen molar-refractivity contribution in [1.29, 1.82) is 0 Å². The maximum absolute atomic E-state index is 10.2. The zero-order valence-electron chi connectivity index (χ0n) is 10.5. The molecule has 1 nitrogen and oxygen atoms in total. The molecule has 1 N–H and O–H groups in total. The smallest absolute Gasteiger partial charge is 0.0805 e. The van der Waals surface area contributed by atoms with Crippen molar-refractivity contribution in [2.24, 2.45) is 0 Å². The Morgan fingerprint density at radius 2 is 1.84 bits per heavy atom. The second kappa shape index (κ2) is 7.09. The second-order valence-corrected chi connectivity index (χ2v) is 5.88. The van der Waals surface area contributed by atoms with Gasteiger partial charge in [-0.05, 0) is 43.0 Å². The molecule has 1 atom stereocenters. The Morgan fingerprint density at radius 3 is 2.58 bits per heavy atom. The van der Waals surface area contributed by atoms with E-state index in [1.165, 1.54) is 5.56 Å². The third-order valence-corrected chi connectivity index (χ3v) is 3.94. The minimum atomic E-state index is -0.506. The predicted molar refractivity (Wildman–Crippen MR) is 83.5 cm³/mol. The summed E-state index contributed by atoms with van der Waals surface area (Å²) in [4.78, 5) is 0. The van der Waals surface area contributed by atoms with E-state index in [2.05, 4.69) is 28.1 Å². The molecule has 2 aromatic carbocycles. The van der Waals surface area contributed by atoms with Gasteiger partial charge in [0.2, 0.25) is 0 Å². The Morgan fingerprint density at radius 1 is 1.11 bits per heavy atom. The predicted octanol–water partition coefficient (Wildman–Crippen LogP) is 5.16. The lowest BCUT2D eigenvalue weighted by molar-refractivity contribution is 0.165. The van der Waals surface area contributed by atoms with Crippen LogP contribution in [0, 0.1) is 0 Å². The van der Waals surface area contributed by atoms with Gasteiger partial charge in [-0.25, -0.2) is 0 Å².